The highest BCUT2D eigenvalue weighted by Gasteiger charge is 2.24. The van der Waals surface area contributed by atoms with Crippen molar-refractivity contribution in [3.05, 3.63) is 29.1 Å². The van der Waals surface area contributed by atoms with Crippen LogP contribution >= 0.6 is 0 Å². The molecular formula is C13H19NO4. The second-order valence-electron chi connectivity index (χ2n) is 4.24. The van der Waals surface area contributed by atoms with Gasteiger partial charge in [0.1, 0.15) is 6.10 Å². The third-order valence-electron chi connectivity index (χ3n) is 2.58. The van der Waals surface area contributed by atoms with Crippen LogP contribution in [0.4, 0.5) is 0 Å². The van der Waals surface area contributed by atoms with Gasteiger partial charge in [-0.15, -0.1) is 0 Å². The Hall–Kier alpha value is -1.46. The summed E-state index contributed by atoms with van der Waals surface area (Å²) in [6.07, 6.45) is -1.03. The first-order valence-corrected chi connectivity index (χ1v) is 5.90. The number of carbonyl (C=O) groups is 1. The lowest BCUT2D eigenvalue weighted by molar-refractivity contribution is -0.147. The van der Waals surface area contributed by atoms with Gasteiger partial charge in [0.25, 0.3) is 0 Å². The lowest BCUT2D eigenvalue weighted by Gasteiger charge is -2.18. The Kier molecular flexibility index (Phi) is 5.25. The number of ether oxygens (including phenoxy) is 1. The molecule has 0 aliphatic heterocycles. The van der Waals surface area contributed by atoms with Crippen molar-refractivity contribution in [1.82, 2.24) is 4.98 Å². The zero-order valence-corrected chi connectivity index (χ0v) is 10.9. The Morgan fingerprint density at radius 2 is 2.11 bits per heavy atom. The number of aliphatic hydroxyl groups excluding tert-OH is 2. The highest BCUT2D eigenvalue weighted by molar-refractivity contribution is 5.70. The maximum Gasteiger partial charge on any atom is 0.308 e. The molecule has 0 aromatic carbocycles. The Bertz CT molecular complexity index is 419. The monoisotopic (exact) mass is 253 g/mol. The molecule has 2 unspecified atom stereocenters. The highest BCUT2D eigenvalue weighted by atomic mass is 16.5. The summed E-state index contributed by atoms with van der Waals surface area (Å²) in [7, 11) is 0. The van der Waals surface area contributed by atoms with E-state index in [4.69, 9.17) is 4.74 Å². The molecule has 1 aromatic rings. The molecule has 0 aliphatic rings. The van der Waals surface area contributed by atoms with Gasteiger partial charge in [0, 0.05) is 6.20 Å². The summed E-state index contributed by atoms with van der Waals surface area (Å²) in [6, 6.07) is 1.86. The zero-order valence-electron chi connectivity index (χ0n) is 10.9. The highest BCUT2D eigenvalue weighted by Crippen LogP contribution is 2.21. The van der Waals surface area contributed by atoms with Crippen molar-refractivity contribution in [2.24, 2.45) is 0 Å². The molecule has 1 aromatic heterocycles. The van der Waals surface area contributed by atoms with E-state index in [1.54, 1.807) is 20.0 Å². The predicted molar refractivity (Wildman–Crippen MR) is 65.9 cm³/mol. The van der Waals surface area contributed by atoms with Gasteiger partial charge in [-0.1, -0.05) is 6.07 Å². The van der Waals surface area contributed by atoms with E-state index < -0.39 is 18.2 Å². The minimum atomic E-state index is -1.21. The van der Waals surface area contributed by atoms with Crippen molar-refractivity contribution in [3.8, 4) is 0 Å². The molecule has 0 saturated carbocycles. The Morgan fingerprint density at radius 3 is 2.67 bits per heavy atom. The molecule has 0 radical (unpaired) electrons. The van der Waals surface area contributed by atoms with E-state index in [9.17, 15) is 15.0 Å². The SMILES string of the molecule is CCOC(=O)CC(O)C(O)c1ncc(C)cc1C. The number of rotatable bonds is 5. The summed E-state index contributed by atoms with van der Waals surface area (Å²) in [5, 5.41) is 19.7. The van der Waals surface area contributed by atoms with E-state index in [1.165, 1.54) is 0 Å². The van der Waals surface area contributed by atoms with Gasteiger partial charge in [0.2, 0.25) is 0 Å². The van der Waals surface area contributed by atoms with Crippen LogP contribution in [0.3, 0.4) is 0 Å². The number of aromatic nitrogens is 1. The number of hydrogen-bond acceptors (Lipinski definition) is 5. The first-order valence-electron chi connectivity index (χ1n) is 5.90. The van der Waals surface area contributed by atoms with Crippen LogP contribution in [0.2, 0.25) is 0 Å². The first-order chi connectivity index (χ1) is 8.45. The minimum Gasteiger partial charge on any atom is -0.466 e. The molecule has 2 atom stereocenters. The van der Waals surface area contributed by atoms with Gasteiger partial charge in [-0.25, -0.2) is 0 Å². The van der Waals surface area contributed by atoms with E-state index in [2.05, 4.69) is 4.98 Å². The number of aryl methyl sites for hydroxylation is 2. The molecule has 1 heterocycles. The number of pyridine rings is 1. The van der Waals surface area contributed by atoms with Gasteiger partial charge < -0.3 is 14.9 Å². The summed E-state index contributed by atoms with van der Waals surface area (Å²) >= 11 is 0. The van der Waals surface area contributed by atoms with Gasteiger partial charge in [0.05, 0.1) is 24.8 Å². The fourth-order valence-corrected chi connectivity index (χ4v) is 1.72. The fraction of sp³-hybridized carbons (Fsp3) is 0.538. The lowest BCUT2D eigenvalue weighted by Crippen LogP contribution is -2.24. The van der Waals surface area contributed by atoms with Gasteiger partial charge in [-0.3, -0.25) is 9.78 Å². The van der Waals surface area contributed by atoms with E-state index in [1.807, 2.05) is 13.0 Å². The number of esters is 1. The van der Waals surface area contributed by atoms with Crippen molar-refractivity contribution in [3.63, 3.8) is 0 Å². The van der Waals surface area contributed by atoms with E-state index in [-0.39, 0.29) is 13.0 Å². The molecule has 0 fully saturated rings. The van der Waals surface area contributed by atoms with Gasteiger partial charge in [-0.05, 0) is 31.9 Å². The Labute approximate surface area is 106 Å². The van der Waals surface area contributed by atoms with Gasteiger partial charge in [-0.2, -0.15) is 0 Å². The topological polar surface area (TPSA) is 79.7 Å². The molecular weight excluding hydrogens is 234 g/mol. The van der Waals surface area contributed by atoms with Crippen molar-refractivity contribution < 1.29 is 19.7 Å². The Balaban J connectivity index is 2.73. The molecule has 0 saturated heterocycles. The van der Waals surface area contributed by atoms with Crippen molar-refractivity contribution in [2.45, 2.75) is 39.4 Å². The first kappa shape index (κ1) is 14.6. The molecule has 2 N–H and O–H groups in total. The molecule has 5 nitrogen and oxygen atoms in total. The van der Waals surface area contributed by atoms with Crippen molar-refractivity contribution >= 4 is 5.97 Å². The average Bonchev–Trinajstić information content (AvgIpc) is 2.28. The lowest BCUT2D eigenvalue weighted by atomic mass is 10.0. The number of nitrogens with zero attached hydrogens (tertiary/aromatic N) is 1. The van der Waals surface area contributed by atoms with Crippen LogP contribution in [0.15, 0.2) is 12.3 Å². The molecule has 5 heteroatoms. The van der Waals surface area contributed by atoms with Crippen LogP contribution < -0.4 is 0 Å². The van der Waals surface area contributed by atoms with E-state index in [0.29, 0.717) is 5.69 Å². The molecule has 0 amide bonds. The maximum atomic E-state index is 11.2. The third kappa shape index (κ3) is 3.78. The number of aliphatic hydroxyl groups is 2. The predicted octanol–water partition coefficient (Wildman–Crippen LogP) is 1.05. The maximum absolute atomic E-state index is 11.2. The molecule has 18 heavy (non-hydrogen) atoms. The van der Waals surface area contributed by atoms with E-state index in [0.717, 1.165) is 11.1 Å². The molecule has 0 bridgehead atoms. The average molecular weight is 253 g/mol. The summed E-state index contributed by atoms with van der Waals surface area (Å²) in [5.74, 6) is -0.534. The van der Waals surface area contributed by atoms with Gasteiger partial charge in [0.15, 0.2) is 0 Å². The summed E-state index contributed by atoms with van der Waals surface area (Å²) in [4.78, 5) is 15.3. The minimum absolute atomic E-state index is 0.246. The summed E-state index contributed by atoms with van der Waals surface area (Å²) in [5.41, 5.74) is 2.14. The fourth-order valence-electron chi connectivity index (χ4n) is 1.72. The van der Waals surface area contributed by atoms with Crippen molar-refractivity contribution in [2.75, 3.05) is 6.61 Å². The molecule has 0 spiro atoms. The van der Waals surface area contributed by atoms with Crippen LogP contribution in [0.25, 0.3) is 0 Å². The van der Waals surface area contributed by atoms with Crippen molar-refractivity contribution in [1.29, 1.82) is 0 Å². The zero-order chi connectivity index (χ0) is 13.7. The van der Waals surface area contributed by atoms with Crippen LogP contribution in [0.5, 0.6) is 0 Å². The van der Waals surface area contributed by atoms with Gasteiger partial charge >= 0.3 is 5.97 Å². The van der Waals surface area contributed by atoms with E-state index >= 15 is 0 Å². The number of carbonyl (C=O) groups excluding carboxylic acids is 1. The number of hydrogen-bond donors (Lipinski definition) is 2. The Morgan fingerprint density at radius 1 is 1.44 bits per heavy atom. The smallest absolute Gasteiger partial charge is 0.308 e. The van der Waals surface area contributed by atoms with Crippen LogP contribution in [-0.2, 0) is 9.53 Å². The van der Waals surface area contributed by atoms with Crippen LogP contribution in [-0.4, -0.2) is 33.9 Å². The second kappa shape index (κ2) is 6.47. The quantitative estimate of drug-likeness (QED) is 0.767. The molecule has 0 aliphatic carbocycles. The van der Waals surface area contributed by atoms with Crippen LogP contribution in [0, 0.1) is 13.8 Å². The summed E-state index contributed by atoms with van der Waals surface area (Å²) < 4.78 is 4.72. The molecule has 1 rings (SSSR count). The third-order valence-corrected chi connectivity index (χ3v) is 2.58. The largest absolute Gasteiger partial charge is 0.466 e. The normalized spacial score (nSPS) is 14.1. The summed E-state index contributed by atoms with van der Waals surface area (Å²) in [6.45, 7) is 5.64. The standard InChI is InChI=1S/C13H19NO4/c1-4-18-11(16)6-10(15)13(17)12-9(3)5-8(2)7-14-12/h5,7,10,13,15,17H,4,6H2,1-3H3. The van der Waals surface area contributed by atoms with Crippen LogP contribution in [0.1, 0.15) is 36.3 Å². The molecule has 100 valence electrons. The second-order valence-corrected chi connectivity index (χ2v) is 4.24.